The van der Waals surface area contributed by atoms with Gasteiger partial charge in [0.05, 0.1) is 17.6 Å². The minimum absolute atomic E-state index is 0. The number of rotatable bonds is 5. The highest BCUT2D eigenvalue weighted by molar-refractivity contribution is 5.85. The summed E-state index contributed by atoms with van der Waals surface area (Å²) in [7, 11) is 0. The van der Waals surface area contributed by atoms with Gasteiger partial charge in [0.25, 0.3) is 0 Å². The number of likely N-dealkylation sites (tertiary alicyclic amines) is 1. The van der Waals surface area contributed by atoms with Crippen LogP contribution in [0.2, 0.25) is 0 Å². The summed E-state index contributed by atoms with van der Waals surface area (Å²) in [6.07, 6.45) is 2.36. The first-order chi connectivity index (χ1) is 9.81. The molecule has 1 aromatic heterocycles. The first-order valence-corrected chi connectivity index (χ1v) is 7.68. The van der Waals surface area contributed by atoms with Crippen molar-refractivity contribution in [2.45, 2.75) is 32.9 Å². The Morgan fingerprint density at radius 1 is 1.33 bits per heavy atom. The molecule has 2 N–H and O–H groups in total. The van der Waals surface area contributed by atoms with Gasteiger partial charge in [-0.15, -0.1) is 12.4 Å². The fraction of sp³-hybridized carbons (Fsp3) is 0.562. The molecule has 0 spiro atoms. The lowest BCUT2D eigenvalue weighted by molar-refractivity contribution is 0.304. The Balaban J connectivity index is 0.00000161. The maximum absolute atomic E-state index is 5.78. The van der Waals surface area contributed by atoms with Gasteiger partial charge in [0, 0.05) is 13.1 Å². The summed E-state index contributed by atoms with van der Waals surface area (Å²) >= 11 is 0. The van der Waals surface area contributed by atoms with E-state index in [1.165, 1.54) is 17.8 Å². The molecule has 4 nitrogen and oxygen atoms in total. The molecule has 2 aromatic rings. The lowest BCUT2D eigenvalue weighted by Crippen LogP contribution is -2.24. The molecule has 2 heterocycles. The standard InChI is InChI=1S/C16H24N4.ClH/c1-2-8-20-15-6-4-3-5-14(15)18-16(20)12-19-9-7-13(10-17)11-19;/h3-6,13H,2,7-12,17H2,1H3;1H. The van der Waals surface area contributed by atoms with Crippen molar-refractivity contribution in [2.24, 2.45) is 11.7 Å². The zero-order valence-electron chi connectivity index (χ0n) is 12.7. The molecule has 1 fully saturated rings. The number of para-hydroxylation sites is 2. The number of hydrogen-bond donors (Lipinski definition) is 1. The molecule has 5 heteroatoms. The highest BCUT2D eigenvalue weighted by atomic mass is 35.5. The van der Waals surface area contributed by atoms with E-state index in [1.54, 1.807) is 0 Å². The average molecular weight is 309 g/mol. The predicted molar refractivity (Wildman–Crippen MR) is 89.7 cm³/mol. The van der Waals surface area contributed by atoms with Crippen molar-refractivity contribution in [1.82, 2.24) is 14.5 Å². The maximum Gasteiger partial charge on any atom is 0.124 e. The number of aromatic nitrogens is 2. The fourth-order valence-corrected chi connectivity index (χ4v) is 3.17. The van der Waals surface area contributed by atoms with Crippen LogP contribution in [0.25, 0.3) is 11.0 Å². The molecule has 21 heavy (non-hydrogen) atoms. The molecule has 0 radical (unpaired) electrons. The number of aryl methyl sites for hydroxylation is 1. The summed E-state index contributed by atoms with van der Waals surface area (Å²) in [6, 6.07) is 8.45. The van der Waals surface area contributed by atoms with Crippen molar-refractivity contribution in [3.05, 3.63) is 30.1 Å². The Kier molecular flexibility index (Phi) is 5.62. The third kappa shape index (κ3) is 3.39. The van der Waals surface area contributed by atoms with Crippen molar-refractivity contribution >= 4 is 23.4 Å². The van der Waals surface area contributed by atoms with Crippen LogP contribution in [0.4, 0.5) is 0 Å². The summed E-state index contributed by atoms with van der Waals surface area (Å²) in [5.74, 6) is 1.87. The van der Waals surface area contributed by atoms with E-state index in [4.69, 9.17) is 10.7 Å². The Bertz CT molecular complexity index is 581. The predicted octanol–water partition coefficient (Wildman–Crippen LogP) is 2.65. The topological polar surface area (TPSA) is 47.1 Å². The number of nitrogens with zero attached hydrogens (tertiary/aromatic N) is 3. The van der Waals surface area contributed by atoms with Crippen molar-refractivity contribution < 1.29 is 0 Å². The molecule has 0 saturated carbocycles. The van der Waals surface area contributed by atoms with Crippen molar-refractivity contribution in [3.8, 4) is 0 Å². The van der Waals surface area contributed by atoms with E-state index in [0.29, 0.717) is 5.92 Å². The third-order valence-corrected chi connectivity index (χ3v) is 4.25. The number of benzene rings is 1. The molecular weight excluding hydrogens is 284 g/mol. The maximum atomic E-state index is 5.78. The normalized spacial score (nSPS) is 19.0. The molecule has 0 aliphatic carbocycles. The first-order valence-electron chi connectivity index (χ1n) is 7.68. The second-order valence-corrected chi connectivity index (χ2v) is 5.79. The number of nitrogens with two attached hydrogens (primary N) is 1. The quantitative estimate of drug-likeness (QED) is 0.923. The summed E-state index contributed by atoms with van der Waals surface area (Å²) in [4.78, 5) is 7.33. The van der Waals surface area contributed by atoms with E-state index in [2.05, 4.69) is 40.7 Å². The monoisotopic (exact) mass is 308 g/mol. The van der Waals surface area contributed by atoms with Gasteiger partial charge in [-0.05, 0) is 44.0 Å². The van der Waals surface area contributed by atoms with E-state index in [9.17, 15) is 0 Å². The molecular formula is C16H25ClN4. The van der Waals surface area contributed by atoms with Crippen LogP contribution in [-0.4, -0.2) is 34.1 Å². The zero-order chi connectivity index (χ0) is 13.9. The minimum Gasteiger partial charge on any atom is -0.330 e. The Hall–Kier alpha value is -1.10. The molecule has 1 aliphatic rings. The van der Waals surface area contributed by atoms with Crippen molar-refractivity contribution in [1.29, 1.82) is 0 Å². The molecule has 1 atom stereocenters. The van der Waals surface area contributed by atoms with Crippen LogP contribution in [0.3, 0.4) is 0 Å². The Labute approximate surface area is 132 Å². The number of imidazole rings is 1. The third-order valence-electron chi connectivity index (χ3n) is 4.25. The molecule has 0 amide bonds. The smallest absolute Gasteiger partial charge is 0.124 e. The first kappa shape index (κ1) is 16.3. The zero-order valence-corrected chi connectivity index (χ0v) is 13.5. The van der Waals surface area contributed by atoms with Crippen LogP contribution in [0.15, 0.2) is 24.3 Å². The van der Waals surface area contributed by atoms with Crippen LogP contribution in [-0.2, 0) is 13.1 Å². The van der Waals surface area contributed by atoms with E-state index >= 15 is 0 Å². The van der Waals surface area contributed by atoms with Crippen molar-refractivity contribution in [3.63, 3.8) is 0 Å². The van der Waals surface area contributed by atoms with E-state index in [1.807, 2.05) is 0 Å². The largest absolute Gasteiger partial charge is 0.330 e. The van der Waals surface area contributed by atoms with Crippen LogP contribution >= 0.6 is 12.4 Å². The van der Waals surface area contributed by atoms with Gasteiger partial charge in [-0.25, -0.2) is 4.98 Å². The summed E-state index contributed by atoms with van der Waals surface area (Å²) in [5, 5.41) is 0. The van der Waals surface area contributed by atoms with Gasteiger partial charge in [-0.2, -0.15) is 0 Å². The van der Waals surface area contributed by atoms with Crippen LogP contribution in [0, 0.1) is 5.92 Å². The lowest BCUT2D eigenvalue weighted by atomic mass is 10.1. The van der Waals surface area contributed by atoms with Gasteiger partial charge < -0.3 is 10.3 Å². The minimum atomic E-state index is 0. The SMILES string of the molecule is CCCn1c(CN2CCC(CN)C2)nc2ccccc21.Cl. The molecule has 1 aromatic carbocycles. The molecule has 0 bridgehead atoms. The Morgan fingerprint density at radius 2 is 2.14 bits per heavy atom. The second-order valence-electron chi connectivity index (χ2n) is 5.79. The van der Waals surface area contributed by atoms with Gasteiger partial charge >= 0.3 is 0 Å². The van der Waals surface area contributed by atoms with E-state index in [-0.39, 0.29) is 12.4 Å². The number of fused-ring (bicyclic) bond motifs is 1. The number of hydrogen-bond acceptors (Lipinski definition) is 3. The van der Waals surface area contributed by atoms with E-state index < -0.39 is 0 Å². The summed E-state index contributed by atoms with van der Waals surface area (Å²) in [5.41, 5.74) is 8.16. The van der Waals surface area contributed by atoms with Crippen molar-refractivity contribution in [2.75, 3.05) is 19.6 Å². The van der Waals surface area contributed by atoms with Crippen LogP contribution in [0.5, 0.6) is 0 Å². The molecule has 116 valence electrons. The highest BCUT2D eigenvalue weighted by Crippen LogP contribution is 2.21. The van der Waals surface area contributed by atoms with Gasteiger partial charge in [0.1, 0.15) is 5.82 Å². The highest BCUT2D eigenvalue weighted by Gasteiger charge is 2.23. The van der Waals surface area contributed by atoms with Crippen LogP contribution in [0.1, 0.15) is 25.6 Å². The van der Waals surface area contributed by atoms with Gasteiger partial charge in [0.15, 0.2) is 0 Å². The molecule has 3 rings (SSSR count). The average Bonchev–Trinajstić information content (AvgIpc) is 3.05. The second kappa shape index (κ2) is 7.25. The summed E-state index contributed by atoms with van der Waals surface area (Å²) in [6.45, 7) is 7.29. The van der Waals surface area contributed by atoms with Gasteiger partial charge in [-0.3, -0.25) is 4.90 Å². The molecule has 1 unspecified atom stereocenters. The lowest BCUT2D eigenvalue weighted by Gasteiger charge is -2.16. The Morgan fingerprint density at radius 3 is 2.86 bits per heavy atom. The summed E-state index contributed by atoms with van der Waals surface area (Å²) < 4.78 is 2.38. The fourth-order valence-electron chi connectivity index (χ4n) is 3.17. The van der Waals surface area contributed by atoms with Gasteiger partial charge in [-0.1, -0.05) is 19.1 Å². The van der Waals surface area contributed by atoms with Crippen LogP contribution < -0.4 is 5.73 Å². The van der Waals surface area contributed by atoms with Gasteiger partial charge in [0.2, 0.25) is 0 Å². The number of halogens is 1. The van der Waals surface area contributed by atoms with E-state index in [0.717, 1.165) is 44.7 Å². The molecule has 1 aliphatic heterocycles. The molecule has 1 saturated heterocycles.